The Labute approximate surface area is 131 Å². The lowest BCUT2D eigenvalue weighted by Crippen LogP contribution is -2.10. The number of alkyl halides is 4. The average molecular weight is 342 g/mol. The lowest BCUT2D eigenvalue weighted by Gasteiger charge is -2.09. The van der Waals surface area contributed by atoms with Gasteiger partial charge in [-0.2, -0.15) is 13.2 Å². The molecule has 2 rings (SSSR count). The van der Waals surface area contributed by atoms with Gasteiger partial charge in [-0.25, -0.2) is 9.97 Å². The molecule has 0 saturated heterocycles. The van der Waals surface area contributed by atoms with E-state index in [1.54, 1.807) is 16.7 Å². The summed E-state index contributed by atoms with van der Waals surface area (Å²) in [6.45, 7) is 4.20. The van der Waals surface area contributed by atoms with Crippen LogP contribution >= 0.6 is 23.2 Å². The first-order valence-corrected chi connectivity index (χ1v) is 7.46. The molecule has 8 heteroatoms. The van der Waals surface area contributed by atoms with E-state index in [4.69, 9.17) is 23.2 Å². The van der Waals surface area contributed by atoms with E-state index in [2.05, 4.69) is 9.97 Å². The third kappa shape index (κ3) is 5.04. The van der Waals surface area contributed by atoms with Crippen molar-refractivity contribution >= 4 is 34.4 Å². The quantitative estimate of drug-likeness (QED) is 0.565. The molecule has 0 spiro atoms. The van der Waals surface area contributed by atoms with Crippen molar-refractivity contribution in [2.24, 2.45) is 0 Å². The van der Waals surface area contributed by atoms with E-state index < -0.39 is 12.6 Å². The van der Waals surface area contributed by atoms with Crippen LogP contribution in [0.15, 0.2) is 12.1 Å². The predicted molar refractivity (Wildman–Crippen MR) is 78.7 cm³/mol. The molecule has 0 saturated carbocycles. The molecule has 0 bridgehead atoms. The maximum Gasteiger partial charge on any atom is 0.389 e. The summed E-state index contributed by atoms with van der Waals surface area (Å²) >= 11 is 11.5. The lowest BCUT2D eigenvalue weighted by atomic mass is 10.3. The van der Waals surface area contributed by atoms with Crippen molar-refractivity contribution in [3.05, 3.63) is 23.1 Å². The third-order valence-electron chi connectivity index (χ3n) is 2.62. The second-order valence-corrected chi connectivity index (χ2v) is 4.66. The molecule has 0 aliphatic rings. The normalized spacial score (nSPS) is 11.4. The molecule has 0 N–H and O–H groups in total. The highest BCUT2D eigenvalue weighted by Crippen LogP contribution is 2.24. The van der Waals surface area contributed by atoms with Crippen LogP contribution in [-0.4, -0.2) is 20.7 Å². The molecule has 0 aliphatic carbocycles. The van der Waals surface area contributed by atoms with E-state index in [1.807, 2.05) is 13.8 Å². The van der Waals surface area contributed by atoms with Crippen LogP contribution in [0.4, 0.5) is 13.2 Å². The predicted octanol–water partition coefficient (Wildman–Crippen LogP) is 5.19. The van der Waals surface area contributed by atoms with E-state index in [-0.39, 0.29) is 24.0 Å². The van der Waals surface area contributed by atoms with E-state index in [9.17, 15) is 13.2 Å². The Hall–Kier alpha value is -1.01. The number of aryl methyl sites for hydroxylation is 1. The summed E-state index contributed by atoms with van der Waals surface area (Å²) in [7, 11) is 0. The molecule has 0 amide bonds. The average Bonchev–Trinajstić information content (AvgIpc) is 2.77. The molecule has 0 unspecified atom stereocenters. The smallest absolute Gasteiger partial charge is 0.326 e. The number of hydrogen-bond acceptors (Lipinski definition) is 2. The van der Waals surface area contributed by atoms with Gasteiger partial charge in [-0.05, 0) is 18.6 Å². The molecule has 3 nitrogen and oxygen atoms in total. The Balaban J connectivity index is 0.00000106. The van der Waals surface area contributed by atoms with Crippen LogP contribution in [0.2, 0.25) is 5.15 Å². The topological polar surface area (TPSA) is 30.7 Å². The maximum atomic E-state index is 12.2. The number of imidazole rings is 1. The van der Waals surface area contributed by atoms with Crippen molar-refractivity contribution in [1.29, 1.82) is 0 Å². The highest BCUT2D eigenvalue weighted by molar-refractivity contribution is 6.29. The highest BCUT2D eigenvalue weighted by atomic mass is 35.5. The van der Waals surface area contributed by atoms with E-state index >= 15 is 0 Å². The lowest BCUT2D eigenvalue weighted by molar-refractivity contribution is -0.135. The van der Waals surface area contributed by atoms with Crippen LogP contribution in [0.3, 0.4) is 0 Å². The number of fused-ring (bicyclic) bond motifs is 1. The summed E-state index contributed by atoms with van der Waals surface area (Å²) < 4.78 is 38.1. The number of hydrogen-bond donors (Lipinski definition) is 0. The molecule has 118 valence electrons. The molecule has 0 fully saturated rings. The van der Waals surface area contributed by atoms with E-state index in [0.717, 1.165) is 0 Å². The fraction of sp³-hybridized carbons (Fsp3) is 0.538. The molecular formula is C13H16Cl2F3N3. The summed E-state index contributed by atoms with van der Waals surface area (Å²) in [5.74, 6) is 0.605. The minimum absolute atomic E-state index is 0.0263. The summed E-state index contributed by atoms with van der Waals surface area (Å²) in [6.07, 6.45) is -5.02. The SMILES string of the molecule is CC.FC(F)(F)CCCn1c(CCl)nc2nc(Cl)ccc21. The molecular weight excluding hydrogens is 326 g/mol. The van der Waals surface area contributed by atoms with Crippen molar-refractivity contribution in [2.75, 3.05) is 0 Å². The molecule has 21 heavy (non-hydrogen) atoms. The molecule has 0 atom stereocenters. The van der Waals surface area contributed by atoms with Gasteiger partial charge in [0.15, 0.2) is 5.65 Å². The molecule has 2 aromatic rings. The van der Waals surface area contributed by atoms with E-state index in [0.29, 0.717) is 17.0 Å². The first-order valence-electron chi connectivity index (χ1n) is 6.55. The van der Waals surface area contributed by atoms with Crippen molar-refractivity contribution < 1.29 is 13.2 Å². The van der Waals surface area contributed by atoms with Crippen LogP contribution in [-0.2, 0) is 12.4 Å². The van der Waals surface area contributed by atoms with Gasteiger partial charge in [0, 0.05) is 13.0 Å². The van der Waals surface area contributed by atoms with Crippen LogP contribution in [0, 0.1) is 0 Å². The standard InChI is InChI=1S/C11H10Cl2F3N3.C2H6/c12-6-9-18-10-7(2-3-8(13)17-10)19(9)5-1-4-11(14,15)16;1-2/h2-3H,1,4-6H2;1-2H3. The van der Waals surface area contributed by atoms with Crippen LogP contribution in [0.5, 0.6) is 0 Å². The minimum atomic E-state index is -4.15. The van der Waals surface area contributed by atoms with Gasteiger partial charge in [-0.3, -0.25) is 0 Å². The Morgan fingerprint density at radius 2 is 1.86 bits per heavy atom. The molecule has 2 heterocycles. The zero-order chi connectivity index (χ0) is 16.0. The largest absolute Gasteiger partial charge is 0.389 e. The number of aromatic nitrogens is 3. The van der Waals surface area contributed by atoms with Gasteiger partial charge in [-0.1, -0.05) is 25.4 Å². The first kappa shape index (κ1) is 18.0. The molecule has 0 aliphatic heterocycles. The Bertz CT molecular complexity index is 582. The van der Waals surface area contributed by atoms with Gasteiger partial charge in [0.1, 0.15) is 11.0 Å². The highest BCUT2D eigenvalue weighted by Gasteiger charge is 2.26. The van der Waals surface area contributed by atoms with Gasteiger partial charge in [0.2, 0.25) is 0 Å². The summed E-state index contributed by atoms with van der Waals surface area (Å²) in [5, 5.41) is 0.286. The van der Waals surface area contributed by atoms with Crippen molar-refractivity contribution in [1.82, 2.24) is 14.5 Å². The fourth-order valence-electron chi connectivity index (χ4n) is 1.82. The third-order valence-corrected chi connectivity index (χ3v) is 3.07. The molecule has 0 radical (unpaired) electrons. The van der Waals surface area contributed by atoms with Crippen molar-refractivity contribution in [3.63, 3.8) is 0 Å². The van der Waals surface area contributed by atoms with Gasteiger partial charge in [0.25, 0.3) is 0 Å². The maximum absolute atomic E-state index is 12.2. The zero-order valence-electron chi connectivity index (χ0n) is 11.7. The van der Waals surface area contributed by atoms with Crippen molar-refractivity contribution in [2.45, 2.75) is 45.3 Å². The number of nitrogens with zero attached hydrogens (tertiary/aromatic N) is 3. The molecule has 2 aromatic heterocycles. The minimum Gasteiger partial charge on any atom is -0.326 e. The number of rotatable bonds is 4. The summed E-state index contributed by atoms with van der Waals surface area (Å²) in [5.41, 5.74) is 1.04. The van der Waals surface area contributed by atoms with Crippen LogP contribution in [0.25, 0.3) is 11.2 Å². The number of halogens is 5. The van der Waals surface area contributed by atoms with Gasteiger partial charge in [-0.15, -0.1) is 11.6 Å². The van der Waals surface area contributed by atoms with Crippen LogP contribution < -0.4 is 0 Å². The Kier molecular flexibility index (Phi) is 6.74. The van der Waals surface area contributed by atoms with Gasteiger partial charge in [0.05, 0.1) is 11.4 Å². The first-order chi connectivity index (χ1) is 9.90. The monoisotopic (exact) mass is 341 g/mol. The fourth-order valence-corrected chi connectivity index (χ4v) is 2.17. The number of pyridine rings is 1. The molecule has 0 aromatic carbocycles. The van der Waals surface area contributed by atoms with E-state index in [1.165, 1.54) is 0 Å². The summed E-state index contributed by atoms with van der Waals surface area (Å²) in [4.78, 5) is 8.18. The van der Waals surface area contributed by atoms with Crippen molar-refractivity contribution in [3.8, 4) is 0 Å². The zero-order valence-corrected chi connectivity index (χ0v) is 13.2. The summed E-state index contributed by atoms with van der Waals surface area (Å²) in [6, 6.07) is 3.26. The van der Waals surface area contributed by atoms with Gasteiger partial charge < -0.3 is 4.57 Å². The van der Waals surface area contributed by atoms with Crippen LogP contribution in [0.1, 0.15) is 32.5 Å². The Morgan fingerprint density at radius 3 is 2.43 bits per heavy atom. The Morgan fingerprint density at radius 1 is 1.19 bits per heavy atom. The second kappa shape index (κ2) is 7.84. The van der Waals surface area contributed by atoms with Gasteiger partial charge >= 0.3 is 6.18 Å². The second-order valence-electron chi connectivity index (χ2n) is 4.01.